The molecule has 0 aromatic carbocycles. The van der Waals surface area contributed by atoms with Crippen LogP contribution in [0.25, 0.3) is 0 Å². The average molecular weight is 252 g/mol. The maximum atomic E-state index is 12.8. The molecule has 0 aromatic rings. The Morgan fingerprint density at radius 3 is 2.33 bits per heavy atom. The van der Waals surface area contributed by atoms with Gasteiger partial charge in [0.1, 0.15) is 5.54 Å². The summed E-state index contributed by atoms with van der Waals surface area (Å²) in [6.45, 7) is 6.54. The van der Waals surface area contributed by atoms with Crippen LogP contribution in [0.1, 0.15) is 59.3 Å². The molecule has 1 saturated heterocycles. The predicted molar refractivity (Wildman–Crippen MR) is 70.0 cm³/mol. The normalized spacial score (nSPS) is 31.6. The third kappa shape index (κ3) is 1.91. The summed E-state index contributed by atoms with van der Waals surface area (Å²) in [7, 11) is 0. The first-order valence-corrected chi connectivity index (χ1v) is 7.10. The van der Waals surface area contributed by atoms with Crippen LogP contribution >= 0.6 is 0 Å². The highest BCUT2D eigenvalue weighted by atomic mass is 16.2. The molecule has 2 amide bonds. The van der Waals surface area contributed by atoms with Crippen LogP contribution in [0, 0.1) is 0 Å². The molecule has 2 aliphatic rings. The number of amides is 2. The number of nitrogens with one attached hydrogen (secondary N) is 1. The van der Waals surface area contributed by atoms with Crippen molar-refractivity contribution in [2.24, 2.45) is 0 Å². The average Bonchev–Trinajstić information content (AvgIpc) is 2.40. The molecule has 1 atom stereocenters. The molecule has 4 heteroatoms. The third-order valence-corrected chi connectivity index (χ3v) is 4.92. The number of carbonyl (C=O) groups excluding carboxylic acids is 2. The summed E-state index contributed by atoms with van der Waals surface area (Å²) < 4.78 is 0. The van der Waals surface area contributed by atoms with Crippen molar-refractivity contribution >= 4 is 11.8 Å². The standard InChI is InChI=1S/C14H24N2O2/c1-4-13(3)12(18)16(10-7-11(17)15-13)14(5-2)8-6-9-14/h4-10H2,1-3H3,(H,15,17). The fourth-order valence-corrected chi connectivity index (χ4v) is 3.13. The van der Waals surface area contributed by atoms with Gasteiger partial charge in [-0.1, -0.05) is 13.8 Å². The molecule has 4 nitrogen and oxygen atoms in total. The second kappa shape index (κ2) is 4.56. The van der Waals surface area contributed by atoms with Crippen LogP contribution in [0.15, 0.2) is 0 Å². The summed E-state index contributed by atoms with van der Waals surface area (Å²) in [5, 5.41) is 2.90. The van der Waals surface area contributed by atoms with Gasteiger partial charge in [-0.3, -0.25) is 9.59 Å². The maximum Gasteiger partial charge on any atom is 0.248 e. The molecule has 1 N–H and O–H groups in total. The lowest BCUT2D eigenvalue weighted by Crippen LogP contribution is -2.62. The SMILES string of the molecule is CCC1(C)NC(=O)CCN(C2(CC)CCC2)C1=O. The Labute approximate surface area is 109 Å². The predicted octanol–water partition coefficient (Wildman–Crippen LogP) is 1.84. The Bertz CT molecular complexity index is 357. The molecule has 0 aromatic heterocycles. The van der Waals surface area contributed by atoms with Gasteiger partial charge >= 0.3 is 0 Å². The van der Waals surface area contributed by atoms with E-state index >= 15 is 0 Å². The van der Waals surface area contributed by atoms with Crippen LogP contribution in [0.5, 0.6) is 0 Å². The van der Waals surface area contributed by atoms with Crippen molar-refractivity contribution in [2.45, 2.75) is 70.4 Å². The van der Waals surface area contributed by atoms with Gasteiger partial charge in [-0.25, -0.2) is 0 Å². The van der Waals surface area contributed by atoms with Crippen LogP contribution in [-0.2, 0) is 9.59 Å². The van der Waals surface area contributed by atoms with Crippen LogP contribution < -0.4 is 5.32 Å². The number of rotatable bonds is 3. The van der Waals surface area contributed by atoms with Crippen molar-refractivity contribution in [1.29, 1.82) is 0 Å². The van der Waals surface area contributed by atoms with Crippen molar-refractivity contribution in [3.63, 3.8) is 0 Å². The van der Waals surface area contributed by atoms with E-state index in [0.29, 0.717) is 19.4 Å². The van der Waals surface area contributed by atoms with E-state index in [1.165, 1.54) is 6.42 Å². The van der Waals surface area contributed by atoms with E-state index in [1.807, 2.05) is 18.7 Å². The molecule has 1 saturated carbocycles. The molecular formula is C14H24N2O2. The van der Waals surface area contributed by atoms with E-state index in [1.54, 1.807) is 0 Å². The fourth-order valence-electron chi connectivity index (χ4n) is 3.13. The second-order valence-corrected chi connectivity index (χ2v) is 5.87. The Kier molecular flexibility index (Phi) is 3.39. The minimum absolute atomic E-state index is 0.000719. The monoisotopic (exact) mass is 252 g/mol. The number of carbonyl (C=O) groups is 2. The number of hydrogen-bond acceptors (Lipinski definition) is 2. The minimum Gasteiger partial charge on any atom is -0.342 e. The molecule has 2 rings (SSSR count). The van der Waals surface area contributed by atoms with Crippen molar-refractivity contribution in [1.82, 2.24) is 10.2 Å². The first-order chi connectivity index (χ1) is 8.47. The van der Waals surface area contributed by atoms with Crippen molar-refractivity contribution in [3.05, 3.63) is 0 Å². The lowest BCUT2D eigenvalue weighted by Gasteiger charge is -2.51. The molecule has 102 valence electrons. The van der Waals surface area contributed by atoms with Crippen molar-refractivity contribution < 1.29 is 9.59 Å². The minimum atomic E-state index is -0.717. The van der Waals surface area contributed by atoms with Gasteiger partial charge < -0.3 is 10.2 Å². The molecule has 1 unspecified atom stereocenters. The number of hydrogen-bond donors (Lipinski definition) is 1. The summed E-state index contributed by atoms with van der Waals surface area (Å²) in [4.78, 5) is 26.5. The number of nitrogens with zero attached hydrogens (tertiary/aromatic N) is 1. The topological polar surface area (TPSA) is 49.4 Å². The van der Waals surface area contributed by atoms with Gasteiger partial charge in [0.25, 0.3) is 0 Å². The first-order valence-electron chi connectivity index (χ1n) is 7.10. The zero-order valence-electron chi connectivity index (χ0n) is 11.7. The Morgan fingerprint density at radius 1 is 1.22 bits per heavy atom. The summed E-state index contributed by atoms with van der Waals surface area (Å²) in [5.41, 5.74) is -0.689. The van der Waals surface area contributed by atoms with Crippen LogP contribution in [0.3, 0.4) is 0 Å². The lowest BCUT2D eigenvalue weighted by molar-refractivity contribution is -0.148. The molecule has 0 bridgehead atoms. The quantitative estimate of drug-likeness (QED) is 0.833. The molecule has 0 spiro atoms. The van der Waals surface area contributed by atoms with Gasteiger partial charge in [-0.05, 0) is 39.0 Å². The van der Waals surface area contributed by atoms with Gasteiger partial charge in [0.05, 0.1) is 0 Å². The molecule has 2 fully saturated rings. The Morgan fingerprint density at radius 2 is 1.89 bits per heavy atom. The zero-order valence-corrected chi connectivity index (χ0v) is 11.7. The maximum absolute atomic E-state index is 12.8. The van der Waals surface area contributed by atoms with Crippen LogP contribution in [0.2, 0.25) is 0 Å². The van der Waals surface area contributed by atoms with Gasteiger partial charge in [0, 0.05) is 18.5 Å². The second-order valence-electron chi connectivity index (χ2n) is 5.87. The van der Waals surface area contributed by atoms with E-state index in [9.17, 15) is 9.59 Å². The molecule has 18 heavy (non-hydrogen) atoms. The van der Waals surface area contributed by atoms with E-state index in [0.717, 1.165) is 19.3 Å². The van der Waals surface area contributed by atoms with Gasteiger partial charge in [-0.15, -0.1) is 0 Å². The Balaban J connectivity index is 2.30. The summed E-state index contributed by atoms with van der Waals surface area (Å²) >= 11 is 0. The largest absolute Gasteiger partial charge is 0.342 e. The third-order valence-electron chi connectivity index (χ3n) is 4.92. The van der Waals surface area contributed by atoms with Gasteiger partial charge in [-0.2, -0.15) is 0 Å². The van der Waals surface area contributed by atoms with Crippen LogP contribution in [-0.4, -0.2) is 34.3 Å². The smallest absolute Gasteiger partial charge is 0.248 e. The van der Waals surface area contributed by atoms with E-state index in [2.05, 4.69) is 12.2 Å². The summed E-state index contributed by atoms with van der Waals surface area (Å²) in [6, 6.07) is 0. The van der Waals surface area contributed by atoms with E-state index in [-0.39, 0.29) is 17.4 Å². The zero-order chi connectivity index (χ0) is 13.4. The first kappa shape index (κ1) is 13.4. The Hall–Kier alpha value is -1.06. The van der Waals surface area contributed by atoms with Gasteiger partial charge in [0.15, 0.2) is 0 Å². The summed E-state index contributed by atoms with van der Waals surface area (Å²) in [5.74, 6) is 0.109. The molecule has 1 aliphatic carbocycles. The highest BCUT2D eigenvalue weighted by molar-refractivity contribution is 5.93. The molecular weight excluding hydrogens is 228 g/mol. The highest BCUT2D eigenvalue weighted by Crippen LogP contribution is 2.42. The highest BCUT2D eigenvalue weighted by Gasteiger charge is 2.49. The van der Waals surface area contributed by atoms with E-state index in [4.69, 9.17) is 0 Å². The molecule has 0 radical (unpaired) electrons. The van der Waals surface area contributed by atoms with Gasteiger partial charge in [0.2, 0.25) is 11.8 Å². The summed E-state index contributed by atoms with van der Waals surface area (Å²) in [6.07, 6.45) is 5.44. The van der Waals surface area contributed by atoms with E-state index < -0.39 is 5.54 Å². The molecule has 1 aliphatic heterocycles. The van der Waals surface area contributed by atoms with Crippen molar-refractivity contribution in [2.75, 3.05) is 6.54 Å². The lowest BCUT2D eigenvalue weighted by atomic mass is 9.72. The molecule has 1 heterocycles. The van der Waals surface area contributed by atoms with Crippen molar-refractivity contribution in [3.8, 4) is 0 Å². The fraction of sp³-hybridized carbons (Fsp3) is 0.857. The van der Waals surface area contributed by atoms with Crippen LogP contribution in [0.4, 0.5) is 0 Å².